The number of imidazole rings is 1. The van der Waals surface area contributed by atoms with Crippen LogP contribution in [0.25, 0.3) is 11.0 Å². The van der Waals surface area contributed by atoms with Crippen LogP contribution in [0.4, 0.5) is 0 Å². The zero-order valence-corrected chi connectivity index (χ0v) is 9.98. The Morgan fingerprint density at radius 3 is 2.75 bits per heavy atom. The van der Waals surface area contributed by atoms with E-state index in [0.717, 1.165) is 18.0 Å². The summed E-state index contributed by atoms with van der Waals surface area (Å²) in [5, 5.41) is 0. The lowest BCUT2D eigenvalue weighted by molar-refractivity contribution is 0.517. The predicted octanol–water partition coefficient (Wildman–Crippen LogP) is 3.57. The standard InChI is InChI=1S/C14H18N2/c1-10(2)9-16-13-6-4-3-5-12(13)15-14(16)11-7-8-11/h3-6,10-11H,7-9H2,1-2H3. The van der Waals surface area contributed by atoms with Crippen molar-refractivity contribution < 1.29 is 0 Å². The van der Waals surface area contributed by atoms with E-state index in [1.807, 2.05) is 0 Å². The third kappa shape index (κ3) is 1.62. The average Bonchev–Trinajstić information content (AvgIpc) is 3.03. The molecule has 0 N–H and O–H groups in total. The molecule has 0 atom stereocenters. The minimum atomic E-state index is 0.676. The molecule has 2 heteroatoms. The number of para-hydroxylation sites is 2. The second kappa shape index (κ2) is 3.62. The van der Waals surface area contributed by atoms with Gasteiger partial charge in [0.1, 0.15) is 5.82 Å². The summed E-state index contributed by atoms with van der Waals surface area (Å²) in [5.41, 5.74) is 2.46. The highest BCUT2D eigenvalue weighted by Gasteiger charge is 2.29. The second-order valence-corrected chi connectivity index (χ2v) is 5.24. The quantitative estimate of drug-likeness (QED) is 0.763. The van der Waals surface area contributed by atoms with E-state index in [-0.39, 0.29) is 0 Å². The number of rotatable bonds is 3. The van der Waals surface area contributed by atoms with E-state index in [9.17, 15) is 0 Å². The largest absolute Gasteiger partial charge is 0.327 e. The summed E-state index contributed by atoms with van der Waals surface area (Å²) >= 11 is 0. The SMILES string of the molecule is CC(C)Cn1c(C2CC2)nc2ccccc21. The van der Waals surface area contributed by atoms with Crippen LogP contribution in [0.15, 0.2) is 24.3 Å². The maximum absolute atomic E-state index is 4.79. The molecule has 0 saturated heterocycles. The normalized spacial score (nSPS) is 16.2. The second-order valence-electron chi connectivity index (χ2n) is 5.24. The molecule has 2 aromatic rings. The van der Waals surface area contributed by atoms with Gasteiger partial charge in [0.05, 0.1) is 11.0 Å². The van der Waals surface area contributed by atoms with Crippen LogP contribution >= 0.6 is 0 Å². The minimum Gasteiger partial charge on any atom is -0.327 e. The van der Waals surface area contributed by atoms with Crippen LogP contribution in [-0.4, -0.2) is 9.55 Å². The lowest BCUT2D eigenvalue weighted by Gasteiger charge is -2.11. The van der Waals surface area contributed by atoms with Crippen molar-refractivity contribution in [3.63, 3.8) is 0 Å². The van der Waals surface area contributed by atoms with E-state index >= 15 is 0 Å². The lowest BCUT2D eigenvalue weighted by atomic mass is 10.2. The van der Waals surface area contributed by atoms with Crippen LogP contribution in [0.5, 0.6) is 0 Å². The van der Waals surface area contributed by atoms with Crippen LogP contribution < -0.4 is 0 Å². The third-order valence-electron chi connectivity index (χ3n) is 3.17. The Morgan fingerprint density at radius 2 is 2.06 bits per heavy atom. The molecule has 3 rings (SSSR count). The molecule has 0 aliphatic heterocycles. The van der Waals surface area contributed by atoms with Gasteiger partial charge in [-0.25, -0.2) is 4.98 Å². The first-order valence-electron chi connectivity index (χ1n) is 6.21. The maximum Gasteiger partial charge on any atom is 0.112 e. The number of hydrogen-bond acceptors (Lipinski definition) is 1. The Kier molecular flexibility index (Phi) is 2.23. The summed E-state index contributed by atoms with van der Waals surface area (Å²) in [6, 6.07) is 8.50. The van der Waals surface area contributed by atoms with E-state index in [1.54, 1.807) is 0 Å². The summed E-state index contributed by atoms with van der Waals surface area (Å²) < 4.78 is 2.43. The van der Waals surface area contributed by atoms with Gasteiger partial charge < -0.3 is 4.57 Å². The fourth-order valence-electron chi connectivity index (χ4n) is 2.30. The van der Waals surface area contributed by atoms with Gasteiger partial charge in [-0.15, -0.1) is 0 Å². The molecule has 1 saturated carbocycles. The van der Waals surface area contributed by atoms with Gasteiger partial charge in [-0.2, -0.15) is 0 Å². The van der Waals surface area contributed by atoms with Gasteiger partial charge in [0, 0.05) is 12.5 Å². The first kappa shape index (κ1) is 9.88. The van der Waals surface area contributed by atoms with E-state index in [2.05, 4.69) is 42.7 Å². The molecule has 1 aromatic carbocycles. The van der Waals surface area contributed by atoms with E-state index in [0.29, 0.717) is 5.92 Å². The molecule has 0 amide bonds. The van der Waals surface area contributed by atoms with Gasteiger partial charge in [-0.05, 0) is 30.9 Å². The maximum atomic E-state index is 4.79. The first-order valence-corrected chi connectivity index (χ1v) is 6.21. The van der Waals surface area contributed by atoms with Crippen molar-refractivity contribution in [2.24, 2.45) is 5.92 Å². The molecule has 2 nitrogen and oxygen atoms in total. The molecule has 0 unspecified atom stereocenters. The summed E-state index contributed by atoms with van der Waals surface area (Å²) in [5.74, 6) is 2.72. The summed E-state index contributed by atoms with van der Waals surface area (Å²) in [7, 11) is 0. The highest BCUT2D eigenvalue weighted by atomic mass is 15.1. The average molecular weight is 214 g/mol. The topological polar surface area (TPSA) is 17.8 Å². The first-order chi connectivity index (χ1) is 7.75. The number of benzene rings is 1. The van der Waals surface area contributed by atoms with Gasteiger partial charge in [0.15, 0.2) is 0 Å². The van der Waals surface area contributed by atoms with Crippen molar-refractivity contribution in [2.45, 2.75) is 39.2 Å². The third-order valence-corrected chi connectivity index (χ3v) is 3.17. The van der Waals surface area contributed by atoms with E-state index < -0.39 is 0 Å². The Balaban J connectivity index is 2.15. The van der Waals surface area contributed by atoms with Crippen LogP contribution in [0.1, 0.15) is 38.4 Å². The molecule has 0 radical (unpaired) electrons. The van der Waals surface area contributed by atoms with Gasteiger partial charge in [-0.3, -0.25) is 0 Å². The fraction of sp³-hybridized carbons (Fsp3) is 0.500. The Labute approximate surface area is 96.3 Å². The number of nitrogens with zero attached hydrogens (tertiary/aromatic N) is 2. The summed E-state index contributed by atoms with van der Waals surface area (Å²) in [6.45, 7) is 5.63. The Morgan fingerprint density at radius 1 is 1.31 bits per heavy atom. The molecule has 84 valence electrons. The zero-order chi connectivity index (χ0) is 11.1. The van der Waals surface area contributed by atoms with Crippen molar-refractivity contribution in [3.8, 4) is 0 Å². The summed E-state index contributed by atoms with van der Waals surface area (Å²) in [6.07, 6.45) is 2.64. The van der Waals surface area contributed by atoms with Crippen molar-refractivity contribution in [2.75, 3.05) is 0 Å². The molecular formula is C14H18N2. The predicted molar refractivity (Wildman–Crippen MR) is 66.5 cm³/mol. The van der Waals surface area contributed by atoms with Crippen molar-refractivity contribution in [1.82, 2.24) is 9.55 Å². The zero-order valence-electron chi connectivity index (χ0n) is 9.98. The number of aromatic nitrogens is 2. The highest BCUT2D eigenvalue weighted by Crippen LogP contribution is 2.40. The smallest absolute Gasteiger partial charge is 0.112 e. The molecule has 1 aliphatic rings. The van der Waals surface area contributed by atoms with Crippen molar-refractivity contribution >= 4 is 11.0 Å². The van der Waals surface area contributed by atoms with Crippen molar-refractivity contribution in [1.29, 1.82) is 0 Å². The van der Waals surface area contributed by atoms with Crippen LogP contribution in [0.3, 0.4) is 0 Å². The molecular weight excluding hydrogens is 196 g/mol. The molecule has 1 aliphatic carbocycles. The molecule has 0 bridgehead atoms. The molecule has 1 fully saturated rings. The van der Waals surface area contributed by atoms with Crippen LogP contribution in [-0.2, 0) is 6.54 Å². The summed E-state index contributed by atoms with van der Waals surface area (Å²) in [4.78, 5) is 4.79. The molecule has 16 heavy (non-hydrogen) atoms. The van der Waals surface area contributed by atoms with E-state index in [1.165, 1.54) is 24.2 Å². The highest BCUT2D eigenvalue weighted by molar-refractivity contribution is 5.76. The van der Waals surface area contributed by atoms with Crippen molar-refractivity contribution in [3.05, 3.63) is 30.1 Å². The monoisotopic (exact) mass is 214 g/mol. The lowest BCUT2D eigenvalue weighted by Crippen LogP contribution is -2.07. The number of fused-ring (bicyclic) bond motifs is 1. The van der Waals surface area contributed by atoms with Gasteiger partial charge >= 0.3 is 0 Å². The fourth-order valence-corrected chi connectivity index (χ4v) is 2.30. The van der Waals surface area contributed by atoms with Gasteiger partial charge in [0.25, 0.3) is 0 Å². The van der Waals surface area contributed by atoms with Crippen LogP contribution in [0.2, 0.25) is 0 Å². The molecule has 1 heterocycles. The Hall–Kier alpha value is -1.31. The van der Waals surface area contributed by atoms with Crippen LogP contribution in [0, 0.1) is 5.92 Å². The minimum absolute atomic E-state index is 0.676. The van der Waals surface area contributed by atoms with E-state index in [4.69, 9.17) is 4.98 Å². The molecule has 0 spiro atoms. The van der Waals surface area contributed by atoms with Gasteiger partial charge in [0.2, 0.25) is 0 Å². The molecule has 1 aromatic heterocycles. The Bertz CT molecular complexity index is 506. The number of hydrogen-bond donors (Lipinski definition) is 0. The van der Waals surface area contributed by atoms with Gasteiger partial charge in [-0.1, -0.05) is 26.0 Å².